The summed E-state index contributed by atoms with van der Waals surface area (Å²) in [7, 11) is 0. The molecular formula is C14H21FN2O. The van der Waals surface area contributed by atoms with Gasteiger partial charge in [-0.1, -0.05) is 12.1 Å². The van der Waals surface area contributed by atoms with Crippen LogP contribution in [0.3, 0.4) is 0 Å². The lowest BCUT2D eigenvalue weighted by atomic mass is 10.1. The highest BCUT2D eigenvalue weighted by Gasteiger charge is 2.16. The zero-order valence-corrected chi connectivity index (χ0v) is 11.3. The largest absolute Gasteiger partial charge is 0.353 e. The average Bonchev–Trinajstić information content (AvgIpc) is 2.27. The molecule has 4 heteroatoms. The fraction of sp³-hybridized carbons (Fsp3) is 0.500. The van der Waals surface area contributed by atoms with Gasteiger partial charge in [-0.3, -0.25) is 10.1 Å². The second-order valence-electron chi connectivity index (χ2n) is 4.83. The van der Waals surface area contributed by atoms with Crippen molar-refractivity contribution in [3.05, 3.63) is 35.6 Å². The SMILES string of the molecule is CC(C)NC(=O)C(C)NC(C)c1cccc(F)c1. The van der Waals surface area contributed by atoms with Crippen molar-refractivity contribution in [2.75, 3.05) is 0 Å². The molecule has 18 heavy (non-hydrogen) atoms. The Morgan fingerprint density at radius 3 is 2.44 bits per heavy atom. The van der Waals surface area contributed by atoms with Crippen molar-refractivity contribution in [3.8, 4) is 0 Å². The number of amides is 1. The molecule has 0 aliphatic rings. The standard InChI is InChI=1S/C14H21FN2O/c1-9(2)16-14(18)11(4)17-10(3)12-6-5-7-13(15)8-12/h5-11,17H,1-4H3,(H,16,18). The van der Waals surface area contributed by atoms with Crippen molar-refractivity contribution < 1.29 is 9.18 Å². The zero-order chi connectivity index (χ0) is 13.7. The van der Waals surface area contributed by atoms with Crippen LogP contribution in [0.5, 0.6) is 0 Å². The van der Waals surface area contributed by atoms with E-state index in [1.165, 1.54) is 12.1 Å². The third kappa shape index (κ3) is 4.45. The van der Waals surface area contributed by atoms with Gasteiger partial charge in [0, 0.05) is 12.1 Å². The lowest BCUT2D eigenvalue weighted by Gasteiger charge is -2.21. The van der Waals surface area contributed by atoms with Crippen LogP contribution in [0.1, 0.15) is 39.3 Å². The number of carbonyl (C=O) groups excluding carboxylic acids is 1. The van der Waals surface area contributed by atoms with E-state index < -0.39 is 0 Å². The monoisotopic (exact) mass is 252 g/mol. The lowest BCUT2D eigenvalue weighted by Crippen LogP contribution is -2.45. The molecule has 2 atom stereocenters. The summed E-state index contributed by atoms with van der Waals surface area (Å²) in [6, 6.07) is 6.12. The molecule has 100 valence electrons. The molecule has 0 saturated carbocycles. The zero-order valence-electron chi connectivity index (χ0n) is 11.3. The Labute approximate surface area is 108 Å². The van der Waals surface area contributed by atoms with E-state index in [0.29, 0.717) is 0 Å². The van der Waals surface area contributed by atoms with Gasteiger partial charge in [-0.05, 0) is 45.4 Å². The fourth-order valence-electron chi connectivity index (χ4n) is 1.73. The minimum absolute atomic E-state index is 0.0479. The van der Waals surface area contributed by atoms with Crippen molar-refractivity contribution in [1.29, 1.82) is 0 Å². The Kier molecular flexibility index (Phi) is 5.28. The Morgan fingerprint density at radius 2 is 1.89 bits per heavy atom. The minimum atomic E-state index is -0.314. The van der Waals surface area contributed by atoms with E-state index in [1.54, 1.807) is 13.0 Å². The first-order valence-electron chi connectivity index (χ1n) is 6.22. The van der Waals surface area contributed by atoms with E-state index in [1.807, 2.05) is 26.8 Å². The molecule has 0 aliphatic heterocycles. The van der Waals surface area contributed by atoms with E-state index in [9.17, 15) is 9.18 Å². The smallest absolute Gasteiger partial charge is 0.237 e. The maximum atomic E-state index is 13.1. The summed E-state index contributed by atoms with van der Waals surface area (Å²) >= 11 is 0. The van der Waals surface area contributed by atoms with Gasteiger partial charge in [-0.15, -0.1) is 0 Å². The molecular weight excluding hydrogens is 231 g/mol. The maximum Gasteiger partial charge on any atom is 0.237 e. The summed E-state index contributed by atoms with van der Waals surface area (Å²) in [5, 5.41) is 5.98. The predicted octanol–water partition coefficient (Wildman–Crippen LogP) is 2.39. The molecule has 0 aromatic heterocycles. The summed E-state index contributed by atoms with van der Waals surface area (Å²) in [6.45, 7) is 7.54. The van der Waals surface area contributed by atoms with Crippen molar-refractivity contribution in [2.45, 2.75) is 45.8 Å². The van der Waals surface area contributed by atoms with Crippen molar-refractivity contribution >= 4 is 5.91 Å². The van der Waals surface area contributed by atoms with Crippen LogP contribution in [0.2, 0.25) is 0 Å². The molecule has 0 fully saturated rings. The molecule has 2 unspecified atom stereocenters. The summed E-state index contributed by atoms with van der Waals surface area (Å²) in [5.74, 6) is -0.311. The van der Waals surface area contributed by atoms with Crippen LogP contribution in [0.25, 0.3) is 0 Å². The second kappa shape index (κ2) is 6.50. The Balaban J connectivity index is 2.59. The molecule has 3 nitrogen and oxygen atoms in total. The fourth-order valence-corrected chi connectivity index (χ4v) is 1.73. The first-order chi connectivity index (χ1) is 8.40. The van der Waals surface area contributed by atoms with Gasteiger partial charge in [0.15, 0.2) is 0 Å². The average molecular weight is 252 g/mol. The summed E-state index contributed by atoms with van der Waals surface area (Å²) in [5.41, 5.74) is 0.833. The van der Waals surface area contributed by atoms with Gasteiger partial charge >= 0.3 is 0 Å². The Bertz CT molecular complexity index is 407. The molecule has 2 N–H and O–H groups in total. The number of nitrogens with one attached hydrogen (secondary N) is 2. The highest BCUT2D eigenvalue weighted by molar-refractivity contribution is 5.81. The quantitative estimate of drug-likeness (QED) is 0.845. The highest BCUT2D eigenvalue weighted by atomic mass is 19.1. The number of halogens is 1. The summed E-state index contributed by atoms with van der Waals surface area (Å²) in [6.07, 6.45) is 0. The van der Waals surface area contributed by atoms with Crippen molar-refractivity contribution in [2.24, 2.45) is 0 Å². The van der Waals surface area contributed by atoms with E-state index >= 15 is 0 Å². The molecule has 1 amide bonds. The van der Waals surface area contributed by atoms with Gasteiger partial charge < -0.3 is 5.32 Å². The third-order valence-electron chi connectivity index (χ3n) is 2.67. The molecule has 1 rings (SSSR count). The third-order valence-corrected chi connectivity index (χ3v) is 2.67. The van der Waals surface area contributed by atoms with Crippen molar-refractivity contribution in [1.82, 2.24) is 10.6 Å². The van der Waals surface area contributed by atoms with Gasteiger partial charge in [-0.2, -0.15) is 0 Å². The molecule has 1 aromatic rings. The number of carbonyl (C=O) groups is 1. The molecule has 0 spiro atoms. The Morgan fingerprint density at radius 1 is 1.22 bits per heavy atom. The van der Waals surface area contributed by atoms with Crippen molar-refractivity contribution in [3.63, 3.8) is 0 Å². The minimum Gasteiger partial charge on any atom is -0.353 e. The van der Waals surface area contributed by atoms with Gasteiger partial charge in [0.1, 0.15) is 5.82 Å². The molecule has 0 saturated heterocycles. The number of rotatable bonds is 5. The van der Waals surface area contributed by atoms with Crippen LogP contribution in [0, 0.1) is 5.82 Å². The van der Waals surface area contributed by atoms with E-state index in [-0.39, 0.29) is 29.8 Å². The number of hydrogen-bond donors (Lipinski definition) is 2. The summed E-state index contributed by atoms with van der Waals surface area (Å²) in [4.78, 5) is 11.7. The first-order valence-corrected chi connectivity index (χ1v) is 6.22. The van der Waals surface area contributed by atoms with Gasteiger partial charge in [0.25, 0.3) is 0 Å². The maximum absolute atomic E-state index is 13.1. The van der Waals surface area contributed by atoms with Crippen LogP contribution in [0.4, 0.5) is 4.39 Å². The second-order valence-corrected chi connectivity index (χ2v) is 4.83. The van der Waals surface area contributed by atoms with Crippen LogP contribution >= 0.6 is 0 Å². The van der Waals surface area contributed by atoms with Gasteiger partial charge in [-0.25, -0.2) is 4.39 Å². The Hall–Kier alpha value is -1.42. The van der Waals surface area contributed by atoms with Crippen LogP contribution in [0.15, 0.2) is 24.3 Å². The molecule has 0 aliphatic carbocycles. The highest BCUT2D eigenvalue weighted by Crippen LogP contribution is 2.14. The molecule has 0 bridgehead atoms. The molecule has 0 radical (unpaired) electrons. The number of hydrogen-bond acceptors (Lipinski definition) is 2. The van der Waals surface area contributed by atoms with Gasteiger partial charge in [0.05, 0.1) is 6.04 Å². The van der Waals surface area contributed by atoms with Crippen LogP contribution in [-0.4, -0.2) is 18.0 Å². The number of benzene rings is 1. The van der Waals surface area contributed by atoms with E-state index in [0.717, 1.165) is 5.56 Å². The normalized spacial score (nSPS) is 14.3. The summed E-state index contributed by atoms with van der Waals surface area (Å²) < 4.78 is 13.1. The lowest BCUT2D eigenvalue weighted by molar-refractivity contribution is -0.123. The first kappa shape index (κ1) is 14.6. The van der Waals surface area contributed by atoms with Crippen LogP contribution in [-0.2, 0) is 4.79 Å². The van der Waals surface area contributed by atoms with Crippen LogP contribution < -0.4 is 10.6 Å². The molecule has 1 aromatic carbocycles. The van der Waals surface area contributed by atoms with Gasteiger partial charge in [0.2, 0.25) is 5.91 Å². The van der Waals surface area contributed by atoms with E-state index in [4.69, 9.17) is 0 Å². The predicted molar refractivity (Wildman–Crippen MR) is 70.7 cm³/mol. The molecule has 0 heterocycles. The topological polar surface area (TPSA) is 41.1 Å². The van der Waals surface area contributed by atoms with E-state index in [2.05, 4.69) is 10.6 Å².